The van der Waals surface area contributed by atoms with Crippen LogP contribution >= 0.6 is 0 Å². The van der Waals surface area contributed by atoms with E-state index in [-0.39, 0.29) is 5.69 Å². The molecule has 3 N–H and O–H groups in total. The van der Waals surface area contributed by atoms with Crippen molar-refractivity contribution in [3.05, 3.63) is 29.6 Å². The molecule has 0 spiro atoms. The summed E-state index contributed by atoms with van der Waals surface area (Å²) in [6.07, 6.45) is 1.44. The molecule has 1 atom stereocenters. The topological polar surface area (TPSA) is 99.5 Å². The summed E-state index contributed by atoms with van der Waals surface area (Å²) in [6, 6.07) is 2.05. The van der Waals surface area contributed by atoms with Gasteiger partial charge in [0.25, 0.3) is 5.91 Å². The van der Waals surface area contributed by atoms with Crippen molar-refractivity contribution in [3.63, 3.8) is 0 Å². The molecule has 0 radical (unpaired) electrons. The second-order valence-corrected chi connectivity index (χ2v) is 3.22. The fourth-order valence-electron chi connectivity index (χ4n) is 1.14. The van der Waals surface area contributed by atoms with E-state index in [1.54, 1.807) is 19.1 Å². The predicted octanol–water partition coefficient (Wildman–Crippen LogP) is -0.435. The lowest BCUT2D eigenvalue weighted by Gasteiger charge is -2.11. The molecule has 1 unspecified atom stereocenters. The molecule has 0 aliphatic rings. The number of hydrogen-bond donors (Lipinski definition) is 3. The standard InChI is InChI=1S/C10H12N2O4/c1-6-3-2-4-11-8(6)9(14)12-7(5-13)10(15)16/h2-4,7,13H,5H2,1H3,(H,12,14)(H,15,16). The summed E-state index contributed by atoms with van der Waals surface area (Å²) < 4.78 is 0. The van der Waals surface area contributed by atoms with Crippen molar-refractivity contribution in [2.24, 2.45) is 0 Å². The van der Waals surface area contributed by atoms with Crippen LogP contribution in [0.4, 0.5) is 0 Å². The molecule has 1 rings (SSSR count). The van der Waals surface area contributed by atoms with E-state index in [9.17, 15) is 9.59 Å². The summed E-state index contributed by atoms with van der Waals surface area (Å²) in [4.78, 5) is 26.0. The number of carbonyl (C=O) groups excluding carboxylic acids is 1. The van der Waals surface area contributed by atoms with Crippen LogP contribution in [-0.4, -0.2) is 39.7 Å². The van der Waals surface area contributed by atoms with Gasteiger partial charge in [-0.25, -0.2) is 4.79 Å². The van der Waals surface area contributed by atoms with E-state index >= 15 is 0 Å². The van der Waals surface area contributed by atoms with E-state index in [1.165, 1.54) is 6.20 Å². The molecular formula is C10H12N2O4. The van der Waals surface area contributed by atoms with Gasteiger partial charge in [0.2, 0.25) is 0 Å². The first kappa shape index (κ1) is 12.1. The minimum atomic E-state index is -1.31. The molecular weight excluding hydrogens is 212 g/mol. The summed E-state index contributed by atoms with van der Waals surface area (Å²) in [5.41, 5.74) is 0.796. The number of amides is 1. The number of aromatic nitrogens is 1. The third kappa shape index (κ3) is 2.77. The van der Waals surface area contributed by atoms with E-state index in [0.29, 0.717) is 5.56 Å². The summed E-state index contributed by atoms with van der Waals surface area (Å²) in [7, 11) is 0. The summed E-state index contributed by atoms with van der Waals surface area (Å²) in [5, 5.41) is 19.6. The second-order valence-electron chi connectivity index (χ2n) is 3.22. The van der Waals surface area contributed by atoms with Crippen LogP contribution in [-0.2, 0) is 4.79 Å². The minimum Gasteiger partial charge on any atom is -0.480 e. The fraction of sp³-hybridized carbons (Fsp3) is 0.300. The molecule has 0 aliphatic heterocycles. The molecule has 0 saturated carbocycles. The number of rotatable bonds is 4. The van der Waals surface area contributed by atoms with Crippen molar-refractivity contribution in [1.29, 1.82) is 0 Å². The fourth-order valence-corrected chi connectivity index (χ4v) is 1.14. The smallest absolute Gasteiger partial charge is 0.328 e. The van der Waals surface area contributed by atoms with Crippen LogP contribution in [0.2, 0.25) is 0 Å². The second kappa shape index (κ2) is 5.22. The maximum Gasteiger partial charge on any atom is 0.328 e. The van der Waals surface area contributed by atoms with E-state index in [1.807, 2.05) is 0 Å². The lowest BCUT2D eigenvalue weighted by atomic mass is 10.2. The van der Waals surface area contributed by atoms with Gasteiger partial charge in [-0.1, -0.05) is 6.07 Å². The van der Waals surface area contributed by atoms with E-state index in [2.05, 4.69) is 10.3 Å². The number of nitrogens with zero attached hydrogens (tertiary/aromatic N) is 1. The van der Waals surface area contributed by atoms with Crippen LogP contribution in [0.15, 0.2) is 18.3 Å². The van der Waals surface area contributed by atoms with Gasteiger partial charge in [-0.2, -0.15) is 0 Å². The summed E-state index contributed by atoms with van der Waals surface area (Å²) >= 11 is 0. The Morgan fingerprint density at radius 2 is 2.25 bits per heavy atom. The summed E-state index contributed by atoms with van der Waals surface area (Å²) in [6.45, 7) is 1.03. The molecule has 16 heavy (non-hydrogen) atoms. The first-order valence-electron chi connectivity index (χ1n) is 4.62. The van der Waals surface area contributed by atoms with Gasteiger partial charge in [-0.3, -0.25) is 9.78 Å². The number of aliphatic hydroxyl groups is 1. The van der Waals surface area contributed by atoms with Gasteiger partial charge in [-0.15, -0.1) is 0 Å². The van der Waals surface area contributed by atoms with Crippen LogP contribution in [0, 0.1) is 6.92 Å². The van der Waals surface area contributed by atoms with Gasteiger partial charge >= 0.3 is 5.97 Å². The van der Waals surface area contributed by atoms with Gasteiger partial charge in [0.15, 0.2) is 6.04 Å². The van der Waals surface area contributed by atoms with Crippen LogP contribution in [0.5, 0.6) is 0 Å². The first-order chi connectivity index (χ1) is 7.56. The monoisotopic (exact) mass is 224 g/mol. The van der Waals surface area contributed by atoms with Crippen molar-refractivity contribution in [2.45, 2.75) is 13.0 Å². The highest BCUT2D eigenvalue weighted by Gasteiger charge is 2.20. The number of carbonyl (C=O) groups is 2. The predicted molar refractivity (Wildman–Crippen MR) is 54.9 cm³/mol. The molecule has 0 aliphatic carbocycles. The molecule has 86 valence electrons. The molecule has 1 amide bonds. The average Bonchev–Trinajstić information content (AvgIpc) is 2.25. The Balaban J connectivity index is 2.80. The number of pyridine rings is 1. The third-order valence-corrected chi connectivity index (χ3v) is 2.01. The van der Waals surface area contributed by atoms with Crippen molar-refractivity contribution < 1.29 is 19.8 Å². The van der Waals surface area contributed by atoms with Crippen LogP contribution in [0.3, 0.4) is 0 Å². The molecule has 0 fully saturated rings. The van der Waals surface area contributed by atoms with Crippen molar-refractivity contribution in [2.75, 3.05) is 6.61 Å². The van der Waals surface area contributed by atoms with Gasteiger partial charge in [-0.05, 0) is 18.6 Å². The van der Waals surface area contributed by atoms with Crippen molar-refractivity contribution in [3.8, 4) is 0 Å². The molecule has 6 heteroatoms. The Kier molecular flexibility index (Phi) is 3.96. The zero-order valence-electron chi connectivity index (χ0n) is 8.67. The number of aliphatic carboxylic acids is 1. The van der Waals surface area contributed by atoms with Crippen LogP contribution in [0.25, 0.3) is 0 Å². The highest BCUT2D eigenvalue weighted by molar-refractivity contribution is 5.96. The molecule has 1 aromatic heterocycles. The molecule has 0 aromatic carbocycles. The third-order valence-electron chi connectivity index (χ3n) is 2.01. The normalized spacial score (nSPS) is 11.9. The average molecular weight is 224 g/mol. The molecule has 0 bridgehead atoms. The number of aliphatic hydroxyl groups excluding tert-OH is 1. The van der Waals surface area contributed by atoms with Crippen molar-refractivity contribution >= 4 is 11.9 Å². The highest BCUT2D eigenvalue weighted by Crippen LogP contribution is 2.03. The number of nitrogens with one attached hydrogen (secondary N) is 1. The largest absolute Gasteiger partial charge is 0.480 e. The molecule has 0 saturated heterocycles. The minimum absolute atomic E-state index is 0.155. The molecule has 1 heterocycles. The van der Waals surface area contributed by atoms with Gasteiger partial charge in [0.05, 0.1) is 6.61 Å². The molecule has 6 nitrogen and oxygen atoms in total. The maximum absolute atomic E-state index is 11.6. The van der Waals surface area contributed by atoms with Gasteiger partial charge in [0, 0.05) is 6.20 Å². The summed E-state index contributed by atoms with van der Waals surface area (Å²) in [5.74, 6) is -1.90. The highest BCUT2D eigenvalue weighted by atomic mass is 16.4. The lowest BCUT2D eigenvalue weighted by molar-refractivity contribution is -0.140. The van der Waals surface area contributed by atoms with E-state index in [0.717, 1.165) is 0 Å². The number of carboxylic acids is 1. The zero-order chi connectivity index (χ0) is 12.1. The van der Waals surface area contributed by atoms with Crippen molar-refractivity contribution in [1.82, 2.24) is 10.3 Å². The Morgan fingerprint density at radius 3 is 2.75 bits per heavy atom. The van der Waals surface area contributed by atoms with Gasteiger partial charge in [0.1, 0.15) is 5.69 Å². The number of hydrogen-bond acceptors (Lipinski definition) is 4. The Labute approximate surface area is 91.9 Å². The number of carboxylic acid groups (broad SMARTS) is 1. The quantitative estimate of drug-likeness (QED) is 0.644. The number of aryl methyl sites for hydroxylation is 1. The van der Waals surface area contributed by atoms with Crippen LogP contribution < -0.4 is 5.32 Å². The van der Waals surface area contributed by atoms with E-state index in [4.69, 9.17) is 10.2 Å². The Hall–Kier alpha value is -1.95. The maximum atomic E-state index is 11.6. The van der Waals surface area contributed by atoms with Crippen LogP contribution in [0.1, 0.15) is 16.1 Å². The van der Waals surface area contributed by atoms with E-state index < -0.39 is 24.5 Å². The van der Waals surface area contributed by atoms with Gasteiger partial charge < -0.3 is 15.5 Å². The first-order valence-corrected chi connectivity index (χ1v) is 4.62. The zero-order valence-corrected chi connectivity index (χ0v) is 8.67. The lowest BCUT2D eigenvalue weighted by Crippen LogP contribution is -2.43. The molecule has 1 aromatic rings. The Bertz CT molecular complexity index is 406. The Morgan fingerprint density at radius 1 is 1.56 bits per heavy atom. The SMILES string of the molecule is Cc1cccnc1C(=O)NC(CO)C(=O)O.